The molecule has 0 unspecified atom stereocenters. The van der Waals surface area contributed by atoms with Gasteiger partial charge in [-0.05, 0) is 32.5 Å². The van der Waals surface area contributed by atoms with Gasteiger partial charge in [0.25, 0.3) is 0 Å². The number of amides is 1. The second-order valence-electron chi connectivity index (χ2n) is 5.08. The van der Waals surface area contributed by atoms with Gasteiger partial charge in [0.1, 0.15) is 11.6 Å². The minimum atomic E-state index is -1.14. The Labute approximate surface area is 124 Å². The van der Waals surface area contributed by atoms with E-state index in [0.717, 1.165) is 0 Å². The molecule has 6 nitrogen and oxygen atoms in total. The Kier molecular flexibility index (Phi) is 5.44. The van der Waals surface area contributed by atoms with Crippen molar-refractivity contribution in [3.8, 4) is 6.07 Å². The normalized spacial score (nSPS) is 11.0. The van der Waals surface area contributed by atoms with Gasteiger partial charge in [-0.15, -0.1) is 0 Å². The van der Waals surface area contributed by atoms with E-state index in [0.29, 0.717) is 17.8 Å². The number of nitrogens with zero attached hydrogens (tertiary/aromatic N) is 2. The lowest BCUT2D eigenvalue weighted by Gasteiger charge is -2.33. The van der Waals surface area contributed by atoms with Gasteiger partial charge in [-0.2, -0.15) is 5.26 Å². The number of nitrogens with one attached hydrogen (secondary N) is 1. The van der Waals surface area contributed by atoms with Crippen LogP contribution in [0.1, 0.15) is 26.3 Å². The Balaban J connectivity index is 2.81. The number of carbonyl (C=O) groups is 2. The standard InChI is InChI=1S/C15H19N3O3/c1-4-18(15(2,3)14(20)21)10-13(19)17-12-8-6-5-7-11(12)9-16/h5-8H,4,10H2,1-3H3,(H,17,19)(H,20,21). The Hall–Kier alpha value is -2.39. The fourth-order valence-corrected chi connectivity index (χ4v) is 1.89. The number of benzene rings is 1. The Bertz CT molecular complexity index is 576. The smallest absolute Gasteiger partial charge is 0.323 e. The number of nitriles is 1. The van der Waals surface area contributed by atoms with Crippen LogP contribution in [0.3, 0.4) is 0 Å². The molecule has 0 aliphatic carbocycles. The van der Waals surface area contributed by atoms with Crippen molar-refractivity contribution in [2.75, 3.05) is 18.4 Å². The van der Waals surface area contributed by atoms with E-state index in [1.165, 1.54) is 0 Å². The number of carbonyl (C=O) groups excluding carboxylic acids is 1. The van der Waals surface area contributed by atoms with E-state index in [4.69, 9.17) is 5.26 Å². The lowest BCUT2D eigenvalue weighted by Crippen LogP contribution is -2.52. The van der Waals surface area contributed by atoms with Crippen molar-refractivity contribution < 1.29 is 14.7 Å². The molecule has 112 valence electrons. The number of carboxylic acid groups (broad SMARTS) is 1. The van der Waals surface area contributed by atoms with E-state index in [9.17, 15) is 14.7 Å². The molecule has 2 N–H and O–H groups in total. The molecule has 0 atom stereocenters. The van der Waals surface area contributed by atoms with Crippen LogP contribution in [-0.4, -0.2) is 40.5 Å². The van der Waals surface area contributed by atoms with Crippen molar-refractivity contribution in [1.82, 2.24) is 4.90 Å². The molecule has 0 bridgehead atoms. The maximum absolute atomic E-state index is 12.1. The molecule has 1 amide bonds. The summed E-state index contributed by atoms with van der Waals surface area (Å²) >= 11 is 0. The number of para-hydroxylation sites is 1. The third-order valence-corrected chi connectivity index (χ3v) is 3.35. The molecule has 1 rings (SSSR count). The van der Waals surface area contributed by atoms with E-state index in [-0.39, 0.29) is 12.5 Å². The van der Waals surface area contributed by atoms with Crippen LogP contribution in [0.2, 0.25) is 0 Å². The molecule has 0 fully saturated rings. The zero-order valence-electron chi connectivity index (χ0n) is 12.4. The van der Waals surface area contributed by atoms with E-state index in [1.807, 2.05) is 6.07 Å². The van der Waals surface area contributed by atoms with Crippen LogP contribution >= 0.6 is 0 Å². The van der Waals surface area contributed by atoms with Gasteiger partial charge in [-0.1, -0.05) is 19.1 Å². The van der Waals surface area contributed by atoms with Crippen molar-refractivity contribution in [3.63, 3.8) is 0 Å². The molecule has 0 radical (unpaired) electrons. The summed E-state index contributed by atoms with van der Waals surface area (Å²) in [4.78, 5) is 24.9. The van der Waals surface area contributed by atoms with Gasteiger partial charge in [-0.3, -0.25) is 14.5 Å². The third-order valence-electron chi connectivity index (χ3n) is 3.35. The molecule has 0 aliphatic heterocycles. The fraction of sp³-hybridized carbons (Fsp3) is 0.400. The zero-order valence-corrected chi connectivity index (χ0v) is 12.4. The highest BCUT2D eigenvalue weighted by atomic mass is 16.4. The molecule has 0 heterocycles. The summed E-state index contributed by atoms with van der Waals surface area (Å²) in [5, 5.41) is 20.8. The molecular weight excluding hydrogens is 270 g/mol. The minimum Gasteiger partial charge on any atom is -0.480 e. The number of likely N-dealkylation sites (N-methyl/N-ethyl adjacent to an activating group) is 1. The fourth-order valence-electron chi connectivity index (χ4n) is 1.89. The largest absolute Gasteiger partial charge is 0.480 e. The molecule has 0 aromatic heterocycles. The van der Waals surface area contributed by atoms with Crippen LogP contribution in [-0.2, 0) is 9.59 Å². The first-order chi connectivity index (χ1) is 9.82. The topological polar surface area (TPSA) is 93.4 Å². The SMILES string of the molecule is CCN(CC(=O)Nc1ccccc1C#N)C(C)(C)C(=O)O. The van der Waals surface area contributed by atoms with Crippen LogP contribution in [0.25, 0.3) is 0 Å². The highest BCUT2D eigenvalue weighted by Gasteiger charge is 2.34. The lowest BCUT2D eigenvalue weighted by atomic mass is 10.0. The van der Waals surface area contributed by atoms with Crippen LogP contribution in [0, 0.1) is 11.3 Å². The van der Waals surface area contributed by atoms with Gasteiger partial charge < -0.3 is 10.4 Å². The Morgan fingerprint density at radius 3 is 2.52 bits per heavy atom. The quantitative estimate of drug-likeness (QED) is 0.831. The molecule has 0 spiro atoms. The predicted molar refractivity (Wildman–Crippen MR) is 78.7 cm³/mol. The number of carboxylic acids is 1. The summed E-state index contributed by atoms with van der Waals surface area (Å²) in [6, 6.07) is 8.66. The summed E-state index contributed by atoms with van der Waals surface area (Å²) in [5.41, 5.74) is -0.346. The first-order valence-corrected chi connectivity index (χ1v) is 6.60. The van der Waals surface area contributed by atoms with Crippen molar-refractivity contribution in [2.45, 2.75) is 26.3 Å². The van der Waals surface area contributed by atoms with E-state index in [1.54, 1.807) is 49.9 Å². The average Bonchev–Trinajstić information content (AvgIpc) is 2.44. The second kappa shape index (κ2) is 6.86. The molecular formula is C15H19N3O3. The summed E-state index contributed by atoms with van der Waals surface area (Å²) in [7, 11) is 0. The van der Waals surface area contributed by atoms with Gasteiger partial charge in [-0.25, -0.2) is 0 Å². The maximum Gasteiger partial charge on any atom is 0.323 e. The summed E-state index contributed by atoms with van der Waals surface area (Å²) < 4.78 is 0. The minimum absolute atomic E-state index is 0.0600. The predicted octanol–water partition coefficient (Wildman–Crippen LogP) is 1.68. The van der Waals surface area contributed by atoms with Gasteiger partial charge in [0.05, 0.1) is 17.8 Å². The van der Waals surface area contributed by atoms with E-state index in [2.05, 4.69) is 5.32 Å². The first-order valence-electron chi connectivity index (χ1n) is 6.60. The van der Waals surface area contributed by atoms with Crippen LogP contribution in [0.15, 0.2) is 24.3 Å². The molecule has 1 aromatic carbocycles. The van der Waals surface area contributed by atoms with E-state index < -0.39 is 11.5 Å². The third kappa shape index (κ3) is 4.04. The Morgan fingerprint density at radius 2 is 2.00 bits per heavy atom. The summed E-state index contributed by atoms with van der Waals surface area (Å²) in [6.07, 6.45) is 0. The van der Waals surface area contributed by atoms with Crippen molar-refractivity contribution in [2.24, 2.45) is 0 Å². The first kappa shape index (κ1) is 16.7. The van der Waals surface area contributed by atoms with Gasteiger partial charge in [0.2, 0.25) is 5.91 Å². The van der Waals surface area contributed by atoms with Crippen molar-refractivity contribution in [1.29, 1.82) is 5.26 Å². The molecule has 0 saturated heterocycles. The molecule has 6 heteroatoms. The number of anilines is 1. The molecule has 21 heavy (non-hydrogen) atoms. The average molecular weight is 289 g/mol. The van der Waals surface area contributed by atoms with Crippen LogP contribution in [0.4, 0.5) is 5.69 Å². The summed E-state index contributed by atoms with van der Waals surface area (Å²) in [5.74, 6) is -1.34. The number of hydrogen-bond acceptors (Lipinski definition) is 4. The van der Waals surface area contributed by atoms with E-state index >= 15 is 0 Å². The van der Waals surface area contributed by atoms with Crippen molar-refractivity contribution in [3.05, 3.63) is 29.8 Å². The maximum atomic E-state index is 12.1. The Morgan fingerprint density at radius 1 is 1.38 bits per heavy atom. The van der Waals surface area contributed by atoms with Crippen LogP contribution < -0.4 is 5.32 Å². The highest BCUT2D eigenvalue weighted by molar-refractivity contribution is 5.94. The number of aliphatic carboxylic acids is 1. The molecule has 1 aromatic rings. The number of hydrogen-bond donors (Lipinski definition) is 2. The molecule has 0 saturated carbocycles. The van der Waals surface area contributed by atoms with Gasteiger partial charge in [0, 0.05) is 0 Å². The lowest BCUT2D eigenvalue weighted by molar-refractivity contribution is -0.149. The second-order valence-corrected chi connectivity index (χ2v) is 5.08. The highest BCUT2D eigenvalue weighted by Crippen LogP contribution is 2.16. The van der Waals surface area contributed by atoms with Crippen molar-refractivity contribution >= 4 is 17.6 Å². The van der Waals surface area contributed by atoms with Gasteiger partial charge >= 0.3 is 5.97 Å². The zero-order chi connectivity index (χ0) is 16.0. The van der Waals surface area contributed by atoms with Gasteiger partial charge in [0.15, 0.2) is 0 Å². The van der Waals surface area contributed by atoms with Crippen LogP contribution in [0.5, 0.6) is 0 Å². The summed E-state index contributed by atoms with van der Waals surface area (Å²) in [6.45, 7) is 5.26. The molecule has 0 aliphatic rings. The number of rotatable bonds is 6. The monoisotopic (exact) mass is 289 g/mol.